The largest absolute Gasteiger partial charge is 0.484 e. The van der Waals surface area contributed by atoms with E-state index in [9.17, 15) is 9.59 Å². The Bertz CT molecular complexity index is 501. The highest BCUT2D eigenvalue weighted by atomic mass is 16.5. The van der Waals surface area contributed by atoms with E-state index in [1.807, 2.05) is 0 Å². The minimum Gasteiger partial charge on any atom is -0.484 e. The molecule has 0 saturated heterocycles. The Labute approximate surface area is 130 Å². The van der Waals surface area contributed by atoms with Gasteiger partial charge < -0.3 is 25.4 Å². The Kier molecular flexibility index (Phi) is 7.34. The Balaban J connectivity index is 2.56. The second kappa shape index (κ2) is 9.01. The summed E-state index contributed by atoms with van der Waals surface area (Å²) in [5, 5.41) is 2.74. The number of nitrogens with two attached hydrogens (primary N) is 1. The molecule has 1 atom stereocenters. The van der Waals surface area contributed by atoms with Gasteiger partial charge in [-0.15, -0.1) is 0 Å². The first-order valence-electron chi connectivity index (χ1n) is 6.92. The van der Waals surface area contributed by atoms with E-state index in [0.29, 0.717) is 11.4 Å². The van der Waals surface area contributed by atoms with Crippen LogP contribution in [0.2, 0.25) is 0 Å². The molecule has 0 saturated carbocycles. The van der Waals surface area contributed by atoms with Gasteiger partial charge in [0.25, 0.3) is 5.91 Å². The maximum absolute atomic E-state index is 11.9. The molecule has 0 aliphatic heterocycles. The van der Waals surface area contributed by atoms with Crippen LogP contribution in [0.1, 0.15) is 6.42 Å². The van der Waals surface area contributed by atoms with Crippen LogP contribution < -0.4 is 15.8 Å². The molecule has 0 spiro atoms. The summed E-state index contributed by atoms with van der Waals surface area (Å²) < 4.78 is 10.5. The maximum Gasteiger partial charge on any atom is 0.259 e. The summed E-state index contributed by atoms with van der Waals surface area (Å²) in [5.74, 6) is 0.175. The molecule has 0 aliphatic rings. The Morgan fingerprint density at radius 1 is 1.36 bits per heavy atom. The van der Waals surface area contributed by atoms with E-state index in [4.69, 9.17) is 15.2 Å². The molecule has 1 aromatic rings. The van der Waals surface area contributed by atoms with Crippen molar-refractivity contribution in [3.8, 4) is 5.75 Å². The normalized spacial score (nSPS) is 11.6. The summed E-state index contributed by atoms with van der Waals surface area (Å²) >= 11 is 0. The quantitative estimate of drug-likeness (QED) is 0.727. The SMILES string of the molecule is COC(CN)CC(=O)Nc1cccc(OCC(=O)N(C)C)c1. The molecular weight excluding hydrogens is 286 g/mol. The van der Waals surface area contributed by atoms with Crippen LogP contribution in [-0.2, 0) is 14.3 Å². The molecular formula is C15H23N3O4. The van der Waals surface area contributed by atoms with Crippen molar-refractivity contribution in [1.82, 2.24) is 4.90 Å². The lowest BCUT2D eigenvalue weighted by molar-refractivity contribution is -0.130. The van der Waals surface area contributed by atoms with Gasteiger partial charge in [0.15, 0.2) is 6.61 Å². The van der Waals surface area contributed by atoms with E-state index >= 15 is 0 Å². The fourth-order valence-corrected chi connectivity index (χ4v) is 1.62. The van der Waals surface area contributed by atoms with E-state index in [1.54, 1.807) is 38.4 Å². The summed E-state index contributed by atoms with van der Waals surface area (Å²) in [6.07, 6.45) is -0.130. The zero-order valence-electron chi connectivity index (χ0n) is 13.2. The average Bonchev–Trinajstić information content (AvgIpc) is 2.50. The van der Waals surface area contributed by atoms with Gasteiger partial charge in [0, 0.05) is 39.5 Å². The number of amides is 2. The number of rotatable bonds is 8. The van der Waals surface area contributed by atoms with Gasteiger partial charge in [-0.3, -0.25) is 9.59 Å². The van der Waals surface area contributed by atoms with Crippen LogP contribution in [0, 0.1) is 0 Å². The number of benzene rings is 1. The molecule has 2 amide bonds. The molecule has 1 aromatic carbocycles. The molecule has 0 aliphatic carbocycles. The predicted octanol–water partition coefficient (Wildman–Crippen LogP) is 0.456. The number of carbonyl (C=O) groups is 2. The number of ether oxygens (including phenoxy) is 2. The van der Waals surface area contributed by atoms with Crippen LogP contribution in [0.5, 0.6) is 5.75 Å². The number of nitrogens with one attached hydrogen (secondary N) is 1. The smallest absolute Gasteiger partial charge is 0.259 e. The molecule has 0 heterocycles. The Morgan fingerprint density at radius 3 is 2.68 bits per heavy atom. The van der Waals surface area contributed by atoms with E-state index in [-0.39, 0.29) is 37.5 Å². The number of methoxy groups -OCH3 is 1. The lowest BCUT2D eigenvalue weighted by Gasteiger charge is -2.14. The standard InChI is InChI=1S/C15H23N3O4/c1-18(2)15(20)10-22-12-6-4-5-11(7-12)17-14(19)8-13(9-16)21-3/h4-7,13H,8-10,16H2,1-3H3,(H,17,19). The van der Waals surface area contributed by atoms with Crippen molar-refractivity contribution < 1.29 is 19.1 Å². The van der Waals surface area contributed by atoms with Crippen LogP contribution >= 0.6 is 0 Å². The monoisotopic (exact) mass is 309 g/mol. The topological polar surface area (TPSA) is 93.9 Å². The van der Waals surface area contributed by atoms with E-state index in [2.05, 4.69) is 5.32 Å². The second-order valence-electron chi connectivity index (χ2n) is 4.95. The van der Waals surface area contributed by atoms with Crippen molar-refractivity contribution in [1.29, 1.82) is 0 Å². The number of hydrogen-bond donors (Lipinski definition) is 2. The molecule has 22 heavy (non-hydrogen) atoms. The van der Waals surface area contributed by atoms with Crippen LogP contribution in [-0.4, -0.2) is 57.2 Å². The van der Waals surface area contributed by atoms with E-state index in [1.165, 1.54) is 12.0 Å². The number of hydrogen-bond acceptors (Lipinski definition) is 5. The molecule has 0 bridgehead atoms. The van der Waals surface area contributed by atoms with Crippen LogP contribution in [0.25, 0.3) is 0 Å². The molecule has 122 valence electrons. The fraction of sp³-hybridized carbons (Fsp3) is 0.467. The van der Waals surface area contributed by atoms with Crippen molar-refractivity contribution in [2.45, 2.75) is 12.5 Å². The zero-order chi connectivity index (χ0) is 16.5. The third-order valence-electron chi connectivity index (χ3n) is 2.99. The summed E-state index contributed by atoms with van der Waals surface area (Å²) in [7, 11) is 4.83. The third-order valence-corrected chi connectivity index (χ3v) is 2.99. The van der Waals surface area contributed by atoms with E-state index in [0.717, 1.165) is 0 Å². The summed E-state index contributed by atoms with van der Waals surface area (Å²) in [6.45, 7) is 0.225. The highest BCUT2D eigenvalue weighted by Gasteiger charge is 2.12. The molecule has 1 unspecified atom stereocenters. The van der Waals surface area contributed by atoms with Gasteiger partial charge in [0.2, 0.25) is 5.91 Å². The van der Waals surface area contributed by atoms with Crippen molar-refractivity contribution >= 4 is 17.5 Å². The molecule has 3 N–H and O–H groups in total. The first kappa shape index (κ1) is 17.9. The molecule has 0 radical (unpaired) electrons. The van der Waals surface area contributed by atoms with Crippen molar-refractivity contribution in [2.24, 2.45) is 5.73 Å². The number of carbonyl (C=O) groups excluding carboxylic acids is 2. The Hall–Kier alpha value is -2.12. The first-order valence-corrected chi connectivity index (χ1v) is 6.92. The van der Waals surface area contributed by atoms with Gasteiger partial charge in [0.1, 0.15) is 5.75 Å². The van der Waals surface area contributed by atoms with Crippen LogP contribution in [0.3, 0.4) is 0 Å². The number of anilines is 1. The fourth-order valence-electron chi connectivity index (χ4n) is 1.62. The van der Waals surface area contributed by atoms with Crippen molar-refractivity contribution in [2.75, 3.05) is 39.7 Å². The lowest BCUT2D eigenvalue weighted by atomic mass is 10.2. The minimum atomic E-state index is -0.308. The van der Waals surface area contributed by atoms with Gasteiger partial charge in [0.05, 0.1) is 12.5 Å². The Morgan fingerprint density at radius 2 is 2.09 bits per heavy atom. The minimum absolute atomic E-state index is 0.0523. The molecule has 7 heteroatoms. The summed E-state index contributed by atoms with van der Waals surface area (Å²) in [6, 6.07) is 6.85. The second-order valence-corrected chi connectivity index (χ2v) is 4.95. The van der Waals surface area contributed by atoms with Crippen LogP contribution in [0.4, 0.5) is 5.69 Å². The third kappa shape index (κ3) is 6.11. The molecule has 1 rings (SSSR count). The van der Waals surface area contributed by atoms with Gasteiger partial charge in [-0.05, 0) is 12.1 Å². The van der Waals surface area contributed by atoms with Crippen molar-refractivity contribution in [3.63, 3.8) is 0 Å². The van der Waals surface area contributed by atoms with Crippen LogP contribution in [0.15, 0.2) is 24.3 Å². The number of nitrogens with zero attached hydrogens (tertiary/aromatic N) is 1. The molecule has 7 nitrogen and oxygen atoms in total. The van der Waals surface area contributed by atoms with E-state index < -0.39 is 0 Å². The molecule has 0 aromatic heterocycles. The van der Waals surface area contributed by atoms with Gasteiger partial charge >= 0.3 is 0 Å². The summed E-state index contributed by atoms with van der Waals surface area (Å²) in [4.78, 5) is 24.8. The first-order chi connectivity index (χ1) is 10.5. The maximum atomic E-state index is 11.9. The highest BCUT2D eigenvalue weighted by molar-refractivity contribution is 5.91. The van der Waals surface area contributed by atoms with Gasteiger partial charge in [-0.1, -0.05) is 6.07 Å². The highest BCUT2D eigenvalue weighted by Crippen LogP contribution is 2.17. The van der Waals surface area contributed by atoms with Gasteiger partial charge in [-0.2, -0.15) is 0 Å². The van der Waals surface area contributed by atoms with Gasteiger partial charge in [-0.25, -0.2) is 0 Å². The predicted molar refractivity (Wildman–Crippen MR) is 83.7 cm³/mol. The molecule has 0 fully saturated rings. The zero-order valence-corrected chi connectivity index (χ0v) is 13.2. The number of likely N-dealkylation sites (N-methyl/N-ethyl adjacent to an activating group) is 1. The summed E-state index contributed by atoms with van der Waals surface area (Å²) in [5.41, 5.74) is 6.07. The average molecular weight is 309 g/mol. The lowest BCUT2D eigenvalue weighted by Crippen LogP contribution is -2.28. The van der Waals surface area contributed by atoms with Crippen molar-refractivity contribution in [3.05, 3.63) is 24.3 Å².